The summed E-state index contributed by atoms with van der Waals surface area (Å²) in [6.45, 7) is 4.90. The fourth-order valence-corrected chi connectivity index (χ4v) is 4.48. The molecule has 0 bridgehead atoms. The number of halogens is 3. The van der Waals surface area contributed by atoms with Crippen molar-refractivity contribution in [1.82, 2.24) is 19.6 Å². The third-order valence-corrected chi connectivity index (χ3v) is 7.04. The molecule has 0 aliphatic carbocycles. The lowest BCUT2D eigenvalue weighted by Crippen LogP contribution is -2.12. The summed E-state index contributed by atoms with van der Waals surface area (Å²) >= 11 is 17.3. The minimum atomic E-state index is -0.251. The second-order valence-electron chi connectivity index (χ2n) is 7.07. The summed E-state index contributed by atoms with van der Waals surface area (Å²) in [5.74, 6) is 0.0856. The van der Waals surface area contributed by atoms with Crippen molar-refractivity contribution < 1.29 is 4.79 Å². The molecule has 0 spiro atoms. The number of rotatable bonds is 6. The molecule has 1 N–H and O–H groups in total. The topological polar surface area (TPSA) is 64.7 Å². The number of nitrogens with one attached hydrogen (secondary N) is 1. The largest absolute Gasteiger partial charge is 0.303 e. The Bertz CT molecular complexity index is 1250. The van der Waals surface area contributed by atoms with Crippen LogP contribution >= 0.6 is 50.5 Å². The van der Waals surface area contributed by atoms with E-state index in [-0.39, 0.29) is 5.91 Å². The van der Waals surface area contributed by atoms with E-state index in [4.69, 9.17) is 23.2 Å². The van der Waals surface area contributed by atoms with E-state index in [0.29, 0.717) is 33.8 Å². The molecule has 0 fully saturated rings. The Morgan fingerprint density at radius 2 is 1.87 bits per heavy atom. The summed E-state index contributed by atoms with van der Waals surface area (Å²) < 4.78 is 4.55. The second-order valence-corrected chi connectivity index (χ2v) is 9.68. The van der Waals surface area contributed by atoms with Gasteiger partial charge in [0, 0.05) is 10.7 Å². The van der Waals surface area contributed by atoms with Gasteiger partial charge in [-0.3, -0.25) is 14.2 Å². The maximum absolute atomic E-state index is 12.7. The molecule has 0 saturated heterocycles. The molecule has 31 heavy (non-hydrogen) atoms. The van der Waals surface area contributed by atoms with E-state index in [9.17, 15) is 4.79 Å². The molecule has 10 heteroatoms. The molecule has 0 atom stereocenters. The van der Waals surface area contributed by atoms with Crippen LogP contribution in [-0.4, -0.2) is 25.5 Å². The average molecular weight is 539 g/mol. The molecule has 0 saturated carbocycles. The van der Waals surface area contributed by atoms with Crippen LogP contribution in [0.5, 0.6) is 0 Å². The van der Waals surface area contributed by atoms with Crippen LogP contribution in [0.2, 0.25) is 10.0 Å². The standard InChI is InChI=1S/C21H18BrCl2N5OS/c1-12-19(24)13(2)29(26-12)9-15-7-18(31-11-15)21(30)25-20-17(23)10-28(27-20)8-14-3-5-16(22)6-4-14/h3-7,10-11H,8-9H2,1-2H3,(H,25,27,30). The number of hydrogen-bond acceptors (Lipinski definition) is 4. The lowest BCUT2D eigenvalue weighted by molar-refractivity contribution is 0.103. The number of aryl methyl sites for hydroxylation is 1. The molecule has 3 heterocycles. The zero-order valence-corrected chi connectivity index (χ0v) is 20.6. The average Bonchev–Trinajstić information content (AvgIpc) is 3.40. The lowest BCUT2D eigenvalue weighted by Gasteiger charge is -2.03. The summed E-state index contributed by atoms with van der Waals surface area (Å²) in [7, 11) is 0. The smallest absolute Gasteiger partial charge is 0.266 e. The summed E-state index contributed by atoms with van der Waals surface area (Å²) in [5.41, 5.74) is 3.75. The zero-order chi connectivity index (χ0) is 22.1. The van der Waals surface area contributed by atoms with E-state index in [0.717, 1.165) is 27.0 Å². The summed E-state index contributed by atoms with van der Waals surface area (Å²) in [6, 6.07) is 9.79. The molecule has 6 nitrogen and oxygen atoms in total. The summed E-state index contributed by atoms with van der Waals surface area (Å²) in [6.07, 6.45) is 1.70. The maximum atomic E-state index is 12.7. The molecule has 0 radical (unpaired) electrons. The van der Waals surface area contributed by atoms with E-state index >= 15 is 0 Å². The monoisotopic (exact) mass is 537 g/mol. The molecule has 0 unspecified atom stereocenters. The fraction of sp³-hybridized carbons (Fsp3) is 0.190. The molecular weight excluding hydrogens is 521 g/mol. The van der Waals surface area contributed by atoms with Gasteiger partial charge in [0.1, 0.15) is 5.02 Å². The molecule has 1 amide bonds. The molecule has 0 aliphatic heterocycles. The van der Waals surface area contributed by atoms with Gasteiger partial charge in [-0.05, 0) is 48.6 Å². The first kappa shape index (κ1) is 22.1. The molecule has 0 aliphatic rings. The van der Waals surface area contributed by atoms with Crippen molar-refractivity contribution in [3.63, 3.8) is 0 Å². The van der Waals surface area contributed by atoms with Gasteiger partial charge >= 0.3 is 0 Å². The van der Waals surface area contributed by atoms with E-state index in [2.05, 4.69) is 31.4 Å². The van der Waals surface area contributed by atoms with Crippen LogP contribution in [0.15, 0.2) is 46.4 Å². The van der Waals surface area contributed by atoms with Crippen molar-refractivity contribution in [3.05, 3.63) is 83.8 Å². The molecule has 1 aromatic carbocycles. The van der Waals surface area contributed by atoms with Crippen molar-refractivity contribution in [3.8, 4) is 0 Å². The van der Waals surface area contributed by atoms with Crippen LogP contribution < -0.4 is 5.32 Å². The first-order valence-corrected chi connectivity index (χ1v) is 11.8. The van der Waals surface area contributed by atoms with Crippen LogP contribution in [0.4, 0.5) is 5.82 Å². The van der Waals surface area contributed by atoms with Crippen molar-refractivity contribution in [2.24, 2.45) is 0 Å². The summed E-state index contributed by atoms with van der Waals surface area (Å²) in [5, 5.41) is 14.6. The van der Waals surface area contributed by atoms with Gasteiger partial charge in [0.25, 0.3) is 5.91 Å². The number of hydrogen-bond donors (Lipinski definition) is 1. The third kappa shape index (κ3) is 5.03. The normalized spacial score (nSPS) is 11.1. The number of carbonyl (C=O) groups is 1. The minimum absolute atomic E-state index is 0.251. The predicted octanol–water partition coefficient (Wildman–Crippen LogP) is 6.18. The summed E-state index contributed by atoms with van der Waals surface area (Å²) in [4.78, 5) is 13.3. The Labute approximate surface area is 201 Å². The van der Waals surface area contributed by atoms with Crippen molar-refractivity contribution in [2.45, 2.75) is 26.9 Å². The Balaban J connectivity index is 1.43. The SMILES string of the molecule is Cc1nn(Cc2csc(C(=O)Nc3nn(Cc4ccc(Br)cc4)cc3Cl)c2)c(C)c1Cl. The van der Waals surface area contributed by atoms with Gasteiger partial charge in [-0.15, -0.1) is 11.3 Å². The van der Waals surface area contributed by atoms with Gasteiger partial charge in [-0.2, -0.15) is 10.2 Å². The predicted molar refractivity (Wildman–Crippen MR) is 129 cm³/mol. The Morgan fingerprint density at radius 3 is 2.55 bits per heavy atom. The molecular formula is C21H18BrCl2N5OS. The van der Waals surface area contributed by atoms with Crippen molar-refractivity contribution in [2.75, 3.05) is 5.32 Å². The number of carbonyl (C=O) groups excluding carboxylic acids is 1. The Morgan fingerprint density at radius 1 is 1.13 bits per heavy atom. The lowest BCUT2D eigenvalue weighted by atomic mass is 10.2. The first-order valence-electron chi connectivity index (χ1n) is 9.36. The van der Waals surface area contributed by atoms with E-state index in [1.165, 1.54) is 11.3 Å². The van der Waals surface area contributed by atoms with E-state index in [1.54, 1.807) is 10.9 Å². The molecule has 4 rings (SSSR count). The molecule has 160 valence electrons. The fourth-order valence-electron chi connectivity index (χ4n) is 3.09. The number of amides is 1. The van der Waals surface area contributed by atoms with Crippen molar-refractivity contribution in [1.29, 1.82) is 0 Å². The van der Waals surface area contributed by atoms with Gasteiger partial charge in [-0.1, -0.05) is 51.3 Å². The quantitative estimate of drug-likeness (QED) is 0.319. The highest BCUT2D eigenvalue weighted by Gasteiger charge is 2.16. The van der Waals surface area contributed by atoms with Gasteiger partial charge in [0.05, 0.1) is 34.4 Å². The number of anilines is 1. The van der Waals surface area contributed by atoms with Gasteiger partial charge in [0.2, 0.25) is 0 Å². The highest BCUT2D eigenvalue weighted by molar-refractivity contribution is 9.10. The first-order chi connectivity index (χ1) is 14.8. The maximum Gasteiger partial charge on any atom is 0.266 e. The van der Waals surface area contributed by atoms with Crippen LogP contribution in [0, 0.1) is 13.8 Å². The van der Waals surface area contributed by atoms with Crippen molar-refractivity contribution >= 4 is 62.2 Å². The van der Waals surface area contributed by atoms with E-state index in [1.807, 2.05) is 54.2 Å². The zero-order valence-electron chi connectivity index (χ0n) is 16.7. The van der Waals surface area contributed by atoms with Crippen LogP contribution in [0.1, 0.15) is 32.2 Å². The third-order valence-electron chi connectivity index (χ3n) is 4.71. The number of nitrogens with zero attached hydrogens (tertiary/aromatic N) is 4. The number of benzene rings is 1. The Hall–Kier alpha value is -2.13. The van der Waals surface area contributed by atoms with Gasteiger partial charge in [-0.25, -0.2) is 0 Å². The van der Waals surface area contributed by atoms with Gasteiger partial charge in [0.15, 0.2) is 5.82 Å². The number of thiophene rings is 1. The van der Waals surface area contributed by atoms with Crippen LogP contribution in [0.25, 0.3) is 0 Å². The molecule has 3 aromatic heterocycles. The van der Waals surface area contributed by atoms with Crippen LogP contribution in [-0.2, 0) is 13.1 Å². The number of aromatic nitrogens is 4. The van der Waals surface area contributed by atoms with Crippen LogP contribution in [0.3, 0.4) is 0 Å². The minimum Gasteiger partial charge on any atom is -0.303 e. The Kier molecular flexibility index (Phi) is 6.52. The highest BCUT2D eigenvalue weighted by Crippen LogP contribution is 2.24. The van der Waals surface area contributed by atoms with E-state index < -0.39 is 0 Å². The second kappa shape index (κ2) is 9.16. The molecule has 4 aromatic rings. The van der Waals surface area contributed by atoms with Gasteiger partial charge < -0.3 is 5.32 Å². The highest BCUT2D eigenvalue weighted by atomic mass is 79.9.